The van der Waals surface area contributed by atoms with E-state index >= 15 is 0 Å². The minimum absolute atomic E-state index is 0.107. The van der Waals surface area contributed by atoms with E-state index in [1.54, 1.807) is 4.90 Å². The van der Waals surface area contributed by atoms with Crippen LogP contribution < -0.4 is 4.90 Å². The Labute approximate surface area is 170 Å². The molecule has 3 fully saturated rings. The fourth-order valence-corrected chi connectivity index (χ4v) is 4.26. The summed E-state index contributed by atoms with van der Waals surface area (Å²) >= 11 is 0. The highest BCUT2D eigenvalue weighted by Gasteiger charge is 2.34. The Hall–Kier alpha value is -2.61. The topological polar surface area (TPSA) is 73.4 Å². The van der Waals surface area contributed by atoms with Crippen LogP contribution in [0.1, 0.15) is 36.8 Å². The van der Waals surface area contributed by atoms with Crippen molar-refractivity contribution in [2.45, 2.75) is 39.2 Å². The lowest BCUT2D eigenvalue weighted by atomic mass is 10.0. The second-order valence-electron chi connectivity index (χ2n) is 7.96. The summed E-state index contributed by atoms with van der Waals surface area (Å²) in [6, 6.07) is 6.52. The molecule has 3 amide bonds. The van der Waals surface area contributed by atoms with Crippen molar-refractivity contribution in [3.8, 4) is 0 Å². The van der Waals surface area contributed by atoms with E-state index in [9.17, 15) is 14.4 Å². The molecule has 8 heteroatoms. The van der Waals surface area contributed by atoms with E-state index < -0.39 is 17.9 Å². The number of nitrogens with zero attached hydrogens (tertiary/aromatic N) is 4. The summed E-state index contributed by atoms with van der Waals surface area (Å²) in [6.07, 6.45) is 2.11. The van der Waals surface area contributed by atoms with Gasteiger partial charge in [0.2, 0.25) is 0 Å². The highest BCUT2D eigenvalue weighted by atomic mass is 16.7. The van der Waals surface area contributed by atoms with Crippen molar-refractivity contribution < 1.29 is 19.2 Å². The molecule has 1 aromatic rings. The molecule has 1 aromatic carbocycles. The molecule has 0 bridgehead atoms. The number of hydrogen-bond acceptors (Lipinski definition) is 6. The van der Waals surface area contributed by atoms with Crippen molar-refractivity contribution in [1.82, 2.24) is 14.9 Å². The second kappa shape index (κ2) is 8.41. The van der Waals surface area contributed by atoms with Crippen LogP contribution in [0.2, 0.25) is 0 Å². The largest absolute Gasteiger partial charge is 0.434 e. The quantitative estimate of drug-likeness (QED) is 0.719. The third-order valence-electron chi connectivity index (χ3n) is 6.06. The fraction of sp³-hybridized carbons (Fsp3) is 0.571. The zero-order valence-corrected chi connectivity index (χ0v) is 16.9. The lowest BCUT2D eigenvalue weighted by Crippen LogP contribution is -2.50. The Bertz CT molecular complexity index is 782. The maximum atomic E-state index is 12.3. The van der Waals surface area contributed by atoms with Crippen molar-refractivity contribution >= 4 is 23.6 Å². The van der Waals surface area contributed by atoms with Crippen LogP contribution in [0, 0.1) is 6.92 Å². The van der Waals surface area contributed by atoms with Gasteiger partial charge in [-0.3, -0.25) is 14.5 Å². The summed E-state index contributed by atoms with van der Waals surface area (Å²) in [5.74, 6) is -0.898. The summed E-state index contributed by atoms with van der Waals surface area (Å²) in [5.41, 5.74) is 3.99. The molecule has 3 aliphatic heterocycles. The molecular formula is C21H28N4O4. The van der Waals surface area contributed by atoms with E-state index in [0.717, 1.165) is 32.7 Å². The van der Waals surface area contributed by atoms with Gasteiger partial charge in [-0.2, -0.15) is 0 Å². The van der Waals surface area contributed by atoms with E-state index in [2.05, 4.69) is 34.9 Å². The molecule has 156 valence electrons. The van der Waals surface area contributed by atoms with Crippen LogP contribution in [0.15, 0.2) is 18.2 Å². The first-order valence-corrected chi connectivity index (χ1v) is 10.4. The molecule has 0 N–H and O–H groups in total. The summed E-state index contributed by atoms with van der Waals surface area (Å²) < 4.78 is 0. The molecule has 3 heterocycles. The molecule has 4 rings (SSSR count). The fourth-order valence-electron chi connectivity index (χ4n) is 4.26. The van der Waals surface area contributed by atoms with E-state index in [0.29, 0.717) is 18.2 Å². The summed E-state index contributed by atoms with van der Waals surface area (Å²) in [4.78, 5) is 46.9. The molecule has 0 radical (unpaired) electrons. The van der Waals surface area contributed by atoms with Gasteiger partial charge in [0.1, 0.15) is 0 Å². The molecule has 3 aliphatic rings. The molecule has 3 saturated heterocycles. The first kappa shape index (κ1) is 19.7. The normalized spacial score (nSPS) is 20.7. The number of rotatable bonds is 4. The molecule has 29 heavy (non-hydrogen) atoms. The molecule has 0 aliphatic carbocycles. The lowest BCUT2D eigenvalue weighted by Gasteiger charge is -2.34. The van der Waals surface area contributed by atoms with Crippen LogP contribution in [0.5, 0.6) is 0 Å². The van der Waals surface area contributed by atoms with Crippen molar-refractivity contribution in [3.05, 3.63) is 29.3 Å². The van der Waals surface area contributed by atoms with Crippen LogP contribution in [0.25, 0.3) is 0 Å². The number of piperazine rings is 1. The summed E-state index contributed by atoms with van der Waals surface area (Å²) in [7, 11) is 0. The van der Waals surface area contributed by atoms with E-state index in [1.165, 1.54) is 29.7 Å². The predicted octanol–water partition coefficient (Wildman–Crippen LogP) is 1.91. The smallest absolute Gasteiger partial charge is 0.371 e. The van der Waals surface area contributed by atoms with Crippen LogP contribution in [-0.2, 0) is 21.0 Å². The van der Waals surface area contributed by atoms with Gasteiger partial charge >= 0.3 is 6.09 Å². The number of anilines is 1. The van der Waals surface area contributed by atoms with Gasteiger partial charge < -0.3 is 14.6 Å². The third kappa shape index (κ3) is 4.22. The first-order valence-electron chi connectivity index (χ1n) is 10.4. The number of imide groups is 1. The van der Waals surface area contributed by atoms with Crippen LogP contribution in [-0.4, -0.2) is 72.0 Å². The zero-order valence-electron chi connectivity index (χ0n) is 16.9. The Morgan fingerprint density at radius 2 is 1.62 bits per heavy atom. The molecule has 0 spiro atoms. The minimum Gasteiger partial charge on any atom is -0.371 e. The van der Waals surface area contributed by atoms with Gasteiger partial charge in [0, 0.05) is 64.3 Å². The van der Waals surface area contributed by atoms with Crippen LogP contribution in [0.3, 0.4) is 0 Å². The predicted molar refractivity (Wildman–Crippen MR) is 107 cm³/mol. The second-order valence-corrected chi connectivity index (χ2v) is 7.96. The van der Waals surface area contributed by atoms with Gasteiger partial charge in [0.15, 0.2) is 0 Å². The Morgan fingerprint density at radius 3 is 2.28 bits per heavy atom. The van der Waals surface area contributed by atoms with Gasteiger partial charge in [-0.25, -0.2) is 4.79 Å². The number of hydrogen-bond donors (Lipinski definition) is 0. The molecule has 0 atom stereocenters. The SMILES string of the molecule is Cc1c(CN2CCN(C(=O)ON3C(=O)CCC3=O)CC2)cccc1N1CCCC1. The maximum absolute atomic E-state index is 12.3. The van der Waals surface area contributed by atoms with Gasteiger partial charge in [0.25, 0.3) is 11.8 Å². The van der Waals surface area contributed by atoms with Gasteiger partial charge in [-0.15, -0.1) is 5.06 Å². The highest BCUT2D eigenvalue weighted by molar-refractivity contribution is 6.01. The first-order chi connectivity index (χ1) is 14.0. The van der Waals surface area contributed by atoms with Gasteiger partial charge in [0.05, 0.1) is 0 Å². The van der Waals surface area contributed by atoms with Crippen molar-refractivity contribution in [3.63, 3.8) is 0 Å². The molecule has 8 nitrogen and oxygen atoms in total. The van der Waals surface area contributed by atoms with Crippen molar-refractivity contribution in [1.29, 1.82) is 0 Å². The Balaban J connectivity index is 1.31. The molecular weight excluding hydrogens is 372 g/mol. The van der Waals surface area contributed by atoms with Crippen molar-refractivity contribution in [2.24, 2.45) is 0 Å². The van der Waals surface area contributed by atoms with Crippen molar-refractivity contribution in [2.75, 3.05) is 44.2 Å². The van der Waals surface area contributed by atoms with Gasteiger partial charge in [-0.05, 0) is 37.0 Å². The van der Waals surface area contributed by atoms with Crippen LogP contribution >= 0.6 is 0 Å². The molecule has 0 aromatic heterocycles. The highest BCUT2D eigenvalue weighted by Crippen LogP contribution is 2.27. The molecule has 0 saturated carbocycles. The summed E-state index contributed by atoms with van der Waals surface area (Å²) in [6.45, 7) is 7.79. The lowest BCUT2D eigenvalue weighted by molar-refractivity contribution is -0.174. The Morgan fingerprint density at radius 1 is 0.966 bits per heavy atom. The molecule has 0 unspecified atom stereocenters. The van der Waals surface area contributed by atoms with E-state index in [-0.39, 0.29) is 12.8 Å². The maximum Gasteiger partial charge on any atom is 0.434 e. The Kier molecular flexibility index (Phi) is 5.71. The summed E-state index contributed by atoms with van der Waals surface area (Å²) in [5, 5.41) is 0.613. The number of benzene rings is 1. The zero-order chi connectivity index (χ0) is 20.4. The average molecular weight is 400 g/mol. The number of amides is 3. The number of carbonyl (C=O) groups is 3. The van der Waals surface area contributed by atoms with E-state index in [4.69, 9.17) is 4.84 Å². The average Bonchev–Trinajstić information content (AvgIpc) is 3.36. The number of hydroxylamine groups is 2. The van der Waals surface area contributed by atoms with E-state index in [1.807, 2.05) is 0 Å². The number of carbonyl (C=O) groups excluding carboxylic acids is 3. The third-order valence-corrected chi connectivity index (χ3v) is 6.06. The monoisotopic (exact) mass is 400 g/mol. The van der Waals surface area contributed by atoms with Crippen LogP contribution in [0.4, 0.5) is 10.5 Å². The standard InChI is InChI=1S/C21H28N4O4/c1-16-17(5-4-6-18(16)23-9-2-3-10-23)15-22-11-13-24(14-12-22)21(28)29-25-19(26)7-8-20(25)27/h4-6H,2-3,7-15H2,1H3. The van der Waals surface area contributed by atoms with Gasteiger partial charge in [-0.1, -0.05) is 12.1 Å². The minimum atomic E-state index is -0.625.